The van der Waals surface area contributed by atoms with Crippen molar-refractivity contribution in [3.05, 3.63) is 16.1 Å². The standard InChI is InChI=1S/C12H22N2O2S/c1-5-12(2,16-4)11-14-10(9-17-11)8-13-6-7-15-3/h9,13H,5-8H2,1-4H3. The van der Waals surface area contributed by atoms with Crippen LogP contribution in [0.5, 0.6) is 0 Å². The van der Waals surface area contributed by atoms with Gasteiger partial charge in [0.15, 0.2) is 0 Å². The zero-order valence-electron chi connectivity index (χ0n) is 11.1. The lowest BCUT2D eigenvalue weighted by Crippen LogP contribution is -2.23. The molecule has 1 rings (SSSR count). The van der Waals surface area contributed by atoms with E-state index in [-0.39, 0.29) is 5.60 Å². The summed E-state index contributed by atoms with van der Waals surface area (Å²) in [5.74, 6) is 0. The van der Waals surface area contributed by atoms with Crippen LogP contribution in [0.1, 0.15) is 31.0 Å². The first-order valence-corrected chi connectivity index (χ1v) is 6.74. The lowest BCUT2D eigenvalue weighted by atomic mass is 10.1. The second-order valence-electron chi connectivity index (χ2n) is 4.10. The Morgan fingerprint density at radius 2 is 2.24 bits per heavy atom. The summed E-state index contributed by atoms with van der Waals surface area (Å²) < 4.78 is 10.5. The number of thiazole rings is 1. The van der Waals surface area contributed by atoms with Crippen molar-refractivity contribution in [3.8, 4) is 0 Å². The zero-order chi connectivity index (χ0) is 12.7. The highest BCUT2D eigenvalue weighted by Gasteiger charge is 2.27. The summed E-state index contributed by atoms with van der Waals surface area (Å²) in [5, 5.41) is 6.41. The molecule has 1 atom stereocenters. The van der Waals surface area contributed by atoms with E-state index in [9.17, 15) is 0 Å². The van der Waals surface area contributed by atoms with Crippen molar-refractivity contribution in [1.29, 1.82) is 0 Å². The lowest BCUT2D eigenvalue weighted by molar-refractivity contribution is -0.00167. The lowest BCUT2D eigenvalue weighted by Gasteiger charge is -2.23. The maximum atomic E-state index is 5.54. The molecule has 0 aromatic carbocycles. The van der Waals surface area contributed by atoms with Gasteiger partial charge in [-0.25, -0.2) is 4.98 Å². The summed E-state index contributed by atoms with van der Waals surface area (Å²) in [6.45, 7) is 6.54. The monoisotopic (exact) mass is 258 g/mol. The molecule has 98 valence electrons. The molecular formula is C12H22N2O2S. The molecule has 0 saturated heterocycles. The van der Waals surface area contributed by atoms with E-state index < -0.39 is 0 Å². The average molecular weight is 258 g/mol. The molecule has 1 aromatic heterocycles. The van der Waals surface area contributed by atoms with Gasteiger partial charge in [-0.1, -0.05) is 6.92 Å². The number of aromatic nitrogens is 1. The minimum atomic E-state index is -0.255. The van der Waals surface area contributed by atoms with E-state index >= 15 is 0 Å². The second-order valence-corrected chi connectivity index (χ2v) is 4.96. The Kier molecular flexibility index (Phi) is 6.05. The van der Waals surface area contributed by atoms with E-state index in [1.165, 1.54) is 0 Å². The molecule has 1 heterocycles. The fourth-order valence-electron chi connectivity index (χ4n) is 1.40. The number of hydrogen-bond acceptors (Lipinski definition) is 5. The van der Waals surface area contributed by atoms with E-state index in [1.807, 2.05) is 0 Å². The van der Waals surface area contributed by atoms with Crippen LogP contribution in [0.25, 0.3) is 0 Å². The Hall–Kier alpha value is -0.490. The Morgan fingerprint density at radius 1 is 1.47 bits per heavy atom. The number of ether oxygens (including phenoxy) is 2. The minimum Gasteiger partial charge on any atom is -0.383 e. The van der Waals surface area contributed by atoms with Gasteiger partial charge < -0.3 is 14.8 Å². The number of nitrogens with one attached hydrogen (secondary N) is 1. The minimum absolute atomic E-state index is 0.255. The molecule has 0 aliphatic rings. The highest BCUT2D eigenvalue weighted by Crippen LogP contribution is 2.30. The van der Waals surface area contributed by atoms with Gasteiger partial charge in [-0.3, -0.25) is 0 Å². The molecule has 0 fully saturated rings. The fourth-order valence-corrected chi connectivity index (χ4v) is 2.44. The molecule has 0 bridgehead atoms. The van der Waals surface area contributed by atoms with Crippen LogP contribution < -0.4 is 5.32 Å². The smallest absolute Gasteiger partial charge is 0.125 e. The first-order valence-electron chi connectivity index (χ1n) is 5.86. The zero-order valence-corrected chi connectivity index (χ0v) is 11.9. The summed E-state index contributed by atoms with van der Waals surface area (Å²) in [5.41, 5.74) is 0.813. The Balaban J connectivity index is 2.53. The second kappa shape index (κ2) is 7.06. The van der Waals surface area contributed by atoms with Crippen molar-refractivity contribution in [2.45, 2.75) is 32.4 Å². The van der Waals surface area contributed by atoms with Gasteiger partial charge in [0.25, 0.3) is 0 Å². The van der Waals surface area contributed by atoms with Crippen molar-refractivity contribution in [1.82, 2.24) is 10.3 Å². The van der Waals surface area contributed by atoms with E-state index in [0.717, 1.165) is 36.8 Å². The summed E-state index contributed by atoms with van der Waals surface area (Å²) in [6, 6.07) is 0. The van der Waals surface area contributed by atoms with Crippen LogP contribution in [-0.2, 0) is 21.6 Å². The maximum Gasteiger partial charge on any atom is 0.125 e. The van der Waals surface area contributed by atoms with E-state index in [2.05, 4.69) is 29.5 Å². The number of methoxy groups -OCH3 is 2. The van der Waals surface area contributed by atoms with Crippen LogP contribution in [0.4, 0.5) is 0 Å². The van der Waals surface area contributed by atoms with Crippen molar-refractivity contribution < 1.29 is 9.47 Å². The molecule has 0 amide bonds. The van der Waals surface area contributed by atoms with E-state index in [4.69, 9.17) is 9.47 Å². The predicted octanol–water partition coefficient (Wildman–Crippen LogP) is 2.15. The van der Waals surface area contributed by atoms with Crippen LogP contribution in [-0.4, -0.2) is 32.4 Å². The third kappa shape index (κ3) is 4.03. The molecule has 4 nitrogen and oxygen atoms in total. The highest BCUT2D eigenvalue weighted by molar-refractivity contribution is 7.09. The van der Waals surface area contributed by atoms with Gasteiger partial charge in [0.05, 0.1) is 12.3 Å². The number of hydrogen-bond donors (Lipinski definition) is 1. The van der Waals surface area contributed by atoms with Gasteiger partial charge >= 0.3 is 0 Å². The average Bonchev–Trinajstić information content (AvgIpc) is 2.83. The molecule has 0 aliphatic carbocycles. The Labute approximate surface area is 107 Å². The molecule has 0 saturated carbocycles. The molecule has 1 unspecified atom stereocenters. The third-order valence-corrected chi connectivity index (χ3v) is 4.05. The summed E-state index contributed by atoms with van der Waals surface area (Å²) in [6.07, 6.45) is 0.924. The van der Waals surface area contributed by atoms with E-state index in [1.54, 1.807) is 25.6 Å². The number of nitrogens with zero attached hydrogens (tertiary/aromatic N) is 1. The molecule has 17 heavy (non-hydrogen) atoms. The normalized spacial score (nSPS) is 14.8. The third-order valence-electron chi connectivity index (χ3n) is 2.92. The van der Waals surface area contributed by atoms with Crippen molar-refractivity contribution >= 4 is 11.3 Å². The predicted molar refractivity (Wildman–Crippen MR) is 70.3 cm³/mol. The summed E-state index contributed by atoms with van der Waals surface area (Å²) in [7, 11) is 3.44. The molecule has 0 radical (unpaired) electrons. The molecule has 5 heteroatoms. The first kappa shape index (κ1) is 14.6. The molecule has 1 N–H and O–H groups in total. The number of rotatable bonds is 8. The van der Waals surface area contributed by atoms with Gasteiger partial charge in [-0.15, -0.1) is 11.3 Å². The molecule has 0 spiro atoms. The van der Waals surface area contributed by atoms with Crippen molar-refractivity contribution in [2.24, 2.45) is 0 Å². The van der Waals surface area contributed by atoms with Crippen LogP contribution in [0, 0.1) is 0 Å². The van der Waals surface area contributed by atoms with E-state index in [0.29, 0.717) is 0 Å². The van der Waals surface area contributed by atoms with Crippen LogP contribution in [0.2, 0.25) is 0 Å². The van der Waals surface area contributed by atoms with Crippen LogP contribution >= 0.6 is 11.3 Å². The molecule has 1 aromatic rings. The van der Waals surface area contributed by atoms with Gasteiger partial charge in [0, 0.05) is 32.7 Å². The van der Waals surface area contributed by atoms with Crippen molar-refractivity contribution in [2.75, 3.05) is 27.4 Å². The molecular weight excluding hydrogens is 236 g/mol. The van der Waals surface area contributed by atoms with Gasteiger partial charge in [0.1, 0.15) is 10.6 Å². The fraction of sp³-hybridized carbons (Fsp3) is 0.750. The first-order chi connectivity index (χ1) is 8.16. The largest absolute Gasteiger partial charge is 0.383 e. The van der Waals surface area contributed by atoms with Crippen LogP contribution in [0.3, 0.4) is 0 Å². The molecule has 0 aliphatic heterocycles. The van der Waals surface area contributed by atoms with Gasteiger partial charge in [0.2, 0.25) is 0 Å². The van der Waals surface area contributed by atoms with Gasteiger partial charge in [-0.05, 0) is 13.3 Å². The van der Waals surface area contributed by atoms with Crippen LogP contribution in [0.15, 0.2) is 5.38 Å². The Morgan fingerprint density at radius 3 is 2.82 bits per heavy atom. The summed E-state index contributed by atoms with van der Waals surface area (Å²) in [4.78, 5) is 4.61. The van der Waals surface area contributed by atoms with Gasteiger partial charge in [-0.2, -0.15) is 0 Å². The van der Waals surface area contributed by atoms with Crippen molar-refractivity contribution in [3.63, 3.8) is 0 Å². The quantitative estimate of drug-likeness (QED) is 0.726. The highest BCUT2D eigenvalue weighted by atomic mass is 32.1. The summed E-state index contributed by atoms with van der Waals surface area (Å²) >= 11 is 1.66. The SMILES string of the molecule is CCC(C)(OC)c1nc(CNCCOC)cs1. The topological polar surface area (TPSA) is 43.4 Å². The Bertz CT molecular complexity index is 324. The maximum absolute atomic E-state index is 5.54.